The highest BCUT2D eigenvalue weighted by atomic mass is 19.1. The number of hydrogen-bond acceptors (Lipinski definition) is 3. The van der Waals surface area contributed by atoms with Crippen LogP contribution >= 0.6 is 0 Å². The Labute approximate surface area is 159 Å². The number of nitrogens with zero attached hydrogens (tertiary/aromatic N) is 3. The van der Waals surface area contributed by atoms with E-state index in [0.29, 0.717) is 12.3 Å². The molecule has 1 amide bonds. The van der Waals surface area contributed by atoms with Crippen molar-refractivity contribution in [3.05, 3.63) is 48.3 Å². The molecule has 2 aromatic rings. The van der Waals surface area contributed by atoms with Crippen molar-refractivity contribution in [2.75, 3.05) is 19.7 Å². The van der Waals surface area contributed by atoms with Gasteiger partial charge in [-0.2, -0.15) is 0 Å². The van der Waals surface area contributed by atoms with Crippen molar-refractivity contribution in [2.45, 2.75) is 44.6 Å². The largest absolute Gasteiger partial charge is 0.484 e. The number of rotatable bonds is 6. The van der Waals surface area contributed by atoms with Crippen molar-refractivity contribution in [2.24, 2.45) is 5.92 Å². The Kier molecular flexibility index (Phi) is 5.41. The number of imidazole rings is 1. The third-order valence-corrected chi connectivity index (χ3v) is 5.74. The van der Waals surface area contributed by atoms with E-state index in [4.69, 9.17) is 4.74 Å². The third-order valence-electron chi connectivity index (χ3n) is 5.74. The highest BCUT2D eigenvalue weighted by molar-refractivity contribution is 5.78. The fourth-order valence-corrected chi connectivity index (χ4v) is 3.97. The molecule has 0 spiro atoms. The molecule has 2 aliphatic rings. The number of ether oxygens (including phenoxy) is 1. The summed E-state index contributed by atoms with van der Waals surface area (Å²) >= 11 is 0. The molecule has 4 rings (SSSR count). The van der Waals surface area contributed by atoms with E-state index in [0.717, 1.165) is 37.7 Å². The molecule has 0 N–H and O–H groups in total. The van der Waals surface area contributed by atoms with Crippen LogP contribution in [0.1, 0.15) is 43.8 Å². The lowest BCUT2D eigenvalue weighted by molar-refractivity contribution is -0.134. The topological polar surface area (TPSA) is 47.4 Å². The molecular weight excluding hydrogens is 345 g/mol. The monoisotopic (exact) mass is 371 g/mol. The van der Waals surface area contributed by atoms with Gasteiger partial charge in [0.05, 0.1) is 0 Å². The molecule has 1 aliphatic heterocycles. The van der Waals surface area contributed by atoms with E-state index in [9.17, 15) is 9.18 Å². The van der Waals surface area contributed by atoms with E-state index in [-0.39, 0.29) is 24.2 Å². The van der Waals surface area contributed by atoms with Gasteiger partial charge >= 0.3 is 0 Å². The van der Waals surface area contributed by atoms with Gasteiger partial charge in [0.1, 0.15) is 17.4 Å². The number of piperidine rings is 1. The molecule has 1 aliphatic carbocycles. The molecule has 1 saturated heterocycles. The van der Waals surface area contributed by atoms with E-state index in [1.807, 2.05) is 11.1 Å². The first-order valence-electron chi connectivity index (χ1n) is 9.86. The van der Waals surface area contributed by atoms with Gasteiger partial charge in [0.25, 0.3) is 5.91 Å². The van der Waals surface area contributed by atoms with Gasteiger partial charge in [0, 0.05) is 37.9 Å². The van der Waals surface area contributed by atoms with Gasteiger partial charge in [-0.15, -0.1) is 0 Å². The van der Waals surface area contributed by atoms with Crippen molar-refractivity contribution in [3.63, 3.8) is 0 Å². The number of hydrogen-bond donors (Lipinski definition) is 0. The van der Waals surface area contributed by atoms with E-state index < -0.39 is 0 Å². The van der Waals surface area contributed by atoms with Crippen LogP contribution in [0.3, 0.4) is 0 Å². The van der Waals surface area contributed by atoms with Crippen LogP contribution in [0, 0.1) is 11.7 Å². The van der Waals surface area contributed by atoms with Crippen LogP contribution in [0.25, 0.3) is 0 Å². The number of likely N-dealkylation sites (tertiary alicyclic amines) is 1. The Morgan fingerprint density at radius 1 is 1.19 bits per heavy atom. The first-order valence-corrected chi connectivity index (χ1v) is 9.86. The smallest absolute Gasteiger partial charge is 0.260 e. The maximum atomic E-state index is 13.0. The Bertz CT molecular complexity index is 770. The van der Waals surface area contributed by atoms with Crippen molar-refractivity contribution in [1.29, 1.82) is 0 Å². The predicted octanol–water partition coefficient (Wildman–Crippen LogP) is 3.61. The minimum absolute atomic E-state index is 0.0190. The molecule has 144 valence electrons. The standard InChI is InChI=1S/C21H26FN3O2/c22-18-6-8-19(9-7-18)27-15-20(26)24-11-2-5-17(14-24)21-23-10-12-25(21)13-16-3-1-4-16/h6-10,12,16-17H,1-5,11,13-15H2. The van der Waals surface area contributed by atoms with Gasteiger partial charge in [-0.1, -0.05) is 6.42 Å². The summed E-state index contributed by atoms with van der Waals surface area (Å²) in [4.78, 5) is 19.1. The molecule has 0 bridgehead atoms. The first-order chi connectivity index (χ1) is 13.2. The van der Waals surface area contributed by atoms with Gasteiger partial charge in [-0.05, 0) is 55.9 Å². The van der Waals surface area contributed by atoms with Crippen LogP contribution in [0.5, 0.6) is 5.75 Å². The Morgan fingerprint density at radius 3 is 2.74 bits per heavy atom. The zero-order valence-electron chi connectivity index (χ0n) is 15.5. The maximum absolute atomic E-state index is 13.0. The summed E-state index contributed by atoms with van der Waals surface area (Å²) < 4.78 is 20.8. The average Bonchev–Trinajstić information content (AvgIpc) is 3.12. The summed E-state index contributed by atoms with van der Waals surface area (Å²) in [5.74, 6) is 2.34. The SMILES string of the molecule is O=C(COc1ccc(F)cc1)N1CCCC(c2nccn2CC2CCC2)C1. The van der Waals surface area contributed by atoms with E-state index >= 15 is 0 Å². The van der Waals surface area contributed by atoms with Crippen molar-refractivity contribution < 1.29 is 13.9 Å². The van der Waals surface area contributed by atoms with E-state index in [1.54, 1.807) is 12.1 Å². The highest BCUT2D eigenvalue weighted by Gasteiger charge is 2.28. The first kappa shape index (κ1) is 18.0. The van der Waals surface area contributed by atoms with Crippen LogP contribution in [0.15, 0.2) is 36.7 Å². The molecule has 0 radical (unpaired) electrons. The normalized spacial score (nSPS) is 20.3. The van der Waals surface area contributed by atoms with Gasteiger partial charge in [-0.25, -0.2) is 9.37 Å². The van der Waals surface area contributed by atoms with Gasteiger partial charge in [0.2, 0.25) is 0 Å². The molecule has 27 heavy (non-hydrogen) atoms. The van der Waals surface area contributed by atoms with Gasteiger partial charge in [0.15, 0.2) is 6.61 Å². The van der Waals surface area contributed by atoms with E-state index in [1.165, 1.54) is 31.4 Å². The zero-order valence-corrected chi connectivity index (χ0v) is 15.5. The fourth-order valence-electron chi connectivity index (χ4n) is 3.97. The van der Waals surface area contributed by atoms with Crippen LogP contribution < -0.4 is 4.74 Å². The number of halogens is 1. The molecule has 5 nitrogen and oxygen atoms in total. The quantitative estimate of drug-likeness (QED) is 0.779. The molecule has 2 fully saturated rings. The lowest BCUT2D eigenvalue weighted by atomic mass is 9.85. The van der Waals surface area contributed by atoms with Crippen LogP contribution in [-0.4, -0.2) is 40.1 Å². The van der Waals surface area contributed by atoms with Crippen LogP contribution in [-0.2, 0) is 11.3 Å². The molecule has 1 aromatic carbocycles. The average molecular weight is 371 g/mol. The van der Waals surface area contributed by atoms with Gasteiger partial charge in [-0.3, -0.25) is 4.79 Å². The third kappa shape index (κ3) is 4.31. The minimum Gasteiger partial charge on any atom is -0.484 e. The van der Waals surface area contributed by atoms with Gasteiger partial charge < -0.3 is 14.2 Å². The second-order valence-corrected chi connectivity index (χ2v) is 7.66. The number of benzene rings is 1. The highest BCUT2D eigenvalue weighted by Crippen LogP contribution is 2.31. The summed E-state index contributed by atoms with van der Waals surface area (Å²) in [6.07, 6.45) is 9.96. The minimum atomic E-state index is -0.315. The number of aromatic nitrogens is 2. The summed E-state index contributed by atoms with van der Waals surface area (Å²) in [5, 5.41) is 0. The number of carbonyl (C=O) groups is 1. The summed E-state index contributed by atoms with van der Waals surface area (Å²) in [5.41, 5.74) is 0. The Hall–Kier alpha value is -2.37. The molecule has 2 heterocycles. The molecule has 1 aromatic heterocycles. The second kappa shape index (κ2) is 8.11. The summed E-state index contributed by atoms with van der Waals surface area (Å²) in [6, 6.07) is 5.75. The molecule has 1 saturated carbocycles. The lowest BCUT2D eigenvalue weighted by Gasteiger charge is -2.33. The van der Waals surface area contributed by atoms with Crippen molar-refractivity contribution >= 4 is 5.91 Å². The number of amides is 1. The van der Waals surface area contributed by atoms with Crippen LogP contribution in [0.2, 0.25) is 0 Å². The molecule has 1 atom stereocenters. The molecule has 6 heteroatoms. The van der Waals surface area contributed by atoms with Crippen LogP contribution in [0.4, 0.5) is 4.39 Å². The fraction of sp³-hybridized carbons (Fsp3) is 0.524. The predicted molar refractivity (Wildman–Crippen MR) is 100 cm³/mol. The molecular formula is C21H26FN3O2. The number of carbonyl (C=O) groups excluding carboxylic acids is 1. The second-order valence-electron chi connectivity index (χ2n) is 7.66. The maximum Gasteiger partial charge on any atom is 0.260 e. The van der Waals surface area contributed by atoms with E-state index in [2.05, 4.69) is 15.7 Å². The Balaban J connectivity index is 1.34. The molecule has 1 unspecified atom stereocenters. The summed E-state index contributed by atoms with van der Waals surface area (Å²) in [6.45, 7) is 2.47. The zero-order chi connectivity index (χ0) is 18.6. The van der Waals surface area contributed by atoms with Crippen molar-refractivity contribution in [3.8, 4) is 5.75 Å². The lowest BCUT2D eigenvalue weighted by Crippen LogP contribution is -2.42. The Morgan fingerprint density at radius 2 is 2.00 bits per heavy atom. The van der Waals surface area contributed by atoms with Crippen molar-refractivity contribution in [1.82, 2.24) is 14.5 Å². The summed E-state index contributed by atoms with van der Waals surface area (Å²) in [7, 11) is 0.